The van der Waals surface area contributed by atoms with Crippen molar-refractivity contribution in [3.63, 3.8) is 0 Å². The van der Waals surface area contributed by atoms with Crippen molar-refractivity contribution < 1.29 is 0 Å². The van der Waals surface area contributed by atoms with Crippen LogP contribution in [0.5, 0.6) is 0 Å². The maximum Gasteiger partial charge on any atom is -0.0234 e. The van der Waals surface area contributed by atoms with Crippen molar-refractivity contribution in [2.75, 3.05) is 0 Å². The molecule has 0 radical (unpaired) electrons. The van der Waals surface area contributed by atoms with Crippen LogP contribution in [0.3, 0.4) is 0 Å². The summed E-state index contributed by atoms with van der Waals surface area (Å²) in [6.45, 7) is 2.28. The second-order valence-corrected chi connectivity index (χ2v) is 5.03. The third-order valence-corrected chi connectivity index (χ3v) is 3.53. The summed E-state index contributed by atoms with van der Waals surface area (Å²) in [6.07, 6.45) is 20.6. The zero-order chi connectivity index (χ0) is 10.8. The van der Waals surface area contributed by atoms with Gasteiger partial charge in [-0.15, -0.1) is 0 Å². The van der Waals surface area contributed by atoms with E-state index in [-0.39, 0.29) is 0 Å². The second kappa shape index (κ2) is 9.00. The summed E-state index contributed by atoms with van der Waals surface area (Å²) in [4.78, 5) is 0. The molecule has 0 N–H and O–H groups in total. The molecule has 0 heterocycles. The maximum absolute atomic E-state index is 2.51. The first-order valence-electron chi connectivity index (χ1n) is 7.10. The lowest BCUT2D eigenvalue weighted by atomic mass is 9.99. The van der Waals surface area contributed by atoms with Gasteiger partial charge in [0.25, 0.3) is 0 Å². The SMILES string of the molecule is CCCCCCC=CC1CCCCCC1. The maximum atomic E-state index is 2.51. The van der Waals surface area contributed by atoms with Crippen LogP contribution in [0.25, 0.3) is 0 Å². The van der Waals surface area contributed by atoms with E-state index in [1.54, 1.807) is 0 Å². The fraction of sp³-hybridized carbons (Fsp3) is 0.867. The molecule has 88 valence electrons. The van der Waals surface area contributed by atoms with Gasteiger partial charge in [0.15, 0.2) is 0 Å². The first kappa shape index (κ1) is 12.8. The summed E-state index contributed by atoms with van der Waals surface area (Å²) in [5.74, 6) is 0.915. The molecule has 0 aromatic carbocycles. The topological polar surface area (TPSA) is 0 Å². The van der Waals surface area contributed by atoms with Crippen LogP contribution in [0.4, 0.5) is 0 Å². The zero-order valence-corrected chi connectivity index (χ0v) is 10.5. The molecule has 1 aliphatic carbocycles. The van der Waals surface area contributed by atoms with Crippen molar-refractivity contribution in [2.45, 2.75) is 77.6 Å². The Morgan fingerprint density at radius 2 is 1.67 bits per heavy atom. The minimum absolute atomic E-state index is 0.915. The van der Waals surface area contributed by atoms with Crippen LogP contribution in [0.15, 0.2) is 12.2 Å². The lowest BCUT2D eigenvalue weighted by Gasteiger charge is -2.07. The van der Waals surface area contributed by atoms with Crippen molar-refractivity contribution in [3.05, 3.63) is 12.2 Å². The van der Waals surface area contributed by atoms with E-state index >= 15 is 0 Å². The summed E-state index contributed by atoms with van der Waals surface area (Å²) in [6, 6.07) is 0. The number of rotatable bonds is 6. The lowest BCUT2D eigenvalue weighted by Crippen LogP contribution is -1.92. The lowest BCUT2D eigenvalue weighted by molar-refractivity contribution is 0.556. The highest BCUT2D eigenvalue weighted by atomic mass is 14.1. The van der Waals surface area contributed by atoms with Gasteiger partial charge in [-0.3, -0.25) is 0 Å². The van der Waals surface area contributed by atoms with Gasteiger partial charge in [-0.05, 0) is 31.6 Å². The molecule has 1 fully saturated rings. The molecule has 0 bridgehead atoms. The molecule has 0 aliphatic heterocycles. The van der Waals surface area contributed by atoms with E-state index in [9.17, 15) is 0 Å². The van der Waals surface area contributed by atoms with E-state index in [0.29, 0.717) is 0 Å². The summed E-state index contributed by atoms with van der Waals surface area (Å²) in [5.41, 5.74) is 0. The molecule has 0 heteroatoms. The highest BCUT2D eigenvalue weighted by Gasteiger charge is 2.07. The summed E-state index contributed by atoms with van der Waals surface area (Å²) < 4.78 is 0. The van der Waals surface area contributed by atoms with Crippen LogP contribution >= 0.6 is 0 Å². The molecule has 0 saturated heterocycles. The predicted octanol–water partition coefficient (Wildman–Crippen LogP) is 5.48. The van der Waals surface area contributed by atoms with E-state index in [1.165, 1.54) is 70.6 Å². The van der Waals surface area contributed by atoms with Gasteiger partial charge in [-0.1, -0.05) is 64.0 Å². The van der Waals surface area contributed by atoms with E-state index < -0.39 is 0 Å². The standard InChI is InChI=1S/C15H28/c1-2-3-4-5-6-9-12-15-13-10-7-8-11-14-15/h9,12,15H,2-8,10-11,13-14H2,1H3. The van der Waals surface area contributed by atoms with Gasteiger partial charge in [-0.25, -0.2) is 0 Å². The zero-order valence-electron chi connectivity index (χ0n) is 10.5. The third-order valence-electron chi connectivity index (χ3n) is 3.53. The van der Waals surface area contributed by atoms with E-state index in [1.807, 2.05) is 0 Å². The fourth-order valence-electron chi connectivity index (χ4n) is 2.48. The molecule has 0 amide bonds. The summed E-state index contributed by atoms with van der Waals surface area (Å²) in [5, 5.41) is 0. The first-order chi connectivity index (χ1) is 7.43. The molecular formula is C15H28. The molecule has 0 unspecified atom stereocenters. The van der Waals surface area contributed by atoms with Gasteiger partial charge < -0.3 is 0 Å². The number of allylic oxidation sites excluding steroid dienone is 2. The average Bonchev–Trinajstić information content (AvgIpc) is 2.52. The van der Waals surface area contributed by atoms with Crippen LogP contribution in [0.2, 0.25) is 0 Å². The van der Waals surface area contributed by atoms with Crippen molar-refractivity contribution in [2.24, 2.45) is 5.92 Å². The Labute approximate surface area is 96.2 Å². The Balaban J connectivity index is 2.02. The molecule has 0 aromatic heterocycles. The molecule has 0 aromatic rings. The molecule has 1 saturated carbocycles. The Bertz CT molecular complexity index is 149. The van der Waals surface area contributed by atoms with Crippen LogP contribution in [-0.2, 0) is 0 Å². The van der Waals surface area contributed by atoms with Crippen LogP contribution in [0, 0.1) is 5.92 Å². The van der Waals surface area contributed by atoms with Gasteiger partial charge in [0, 0.05) is 0 Å². The Morgan fingerprint density at radius 1 is 0.933 bits per heavy atom. The second-order valence-electron chi connectivity index (χ2n) is 5.03. The predicted molar refractivity (Wildman–Crippen MR) is 69.1 cm³/mol. The molecule has 15 heavy (non-hydrogen) atoms. The Morgan fingerprint density at radius 3 is 2.33 bits per heavy atom. The minimum atomic E-state index is 0.915. The minimum Gasteiger partial charge on any atom is -0.0883 e. The summed E-state index contributed by atoms with van der Waals surface area (Å²) >= 11 is 0. The van der Waals surface area contributed by atoms with Crippen LogP contribution < -0.4 is 0 Å². The van der Waals surface area contributed by atoms with Crippen LogP contribution in [0.1, 0.15) is 77.6 Å². The monoisotopic (exact) mass is 208 g/mol. The normalized spacial score (nSPS) is 19.5. The van der Waals surface area contributed by atoms with Gasteiger partial charge >= 0.3 is 0 Å². The number of unbranched alkanes of at least 4 members (excludes halogenated alkanes) is 4. The van der Waals surface area contributed by atoms with Crippen molar-refractivity contribution in [1.82, 2.24) is 0 Å². The average molecular weight is 208 g/mol. The quantitative estimate of drug-likeness (QED) is 0.308. The smallest absolute Gasteiger partial charge is 0.0234 e. The highest BCUT2D eigenvalue weighted by Crippen LogP contribution is 2.23. The van der Waals surface area contributed by atoms with E-state index in [2.05, 4.69) is 19.1 Å². The van der Waals surface area contributed by atoms with Gasteiger partial charge in [0.1, 0.15) is 0 Å². The first-order valence-corrected chi connectivity index (χ1v) is 7.10. The van der Waals surface area contributed by atoms with Gasteiger partial charge in [-0.2, -0.15) is 0 Å². The molecule has 1 rings (SSSR count). The Kier molecular flexibility index (Phi) is 7.69. The van der Waals surface area contributed by atoms with Crippen LogP contribution in [-0.4, -0.2) is 0 Å². The highest BCUT2D eigenvalue weighted by molar-refractivity contribution is 4.89. The summed E-state index contributed by atoms with van der Waals surface area (Å²) in [7, 11) is 0. The largest absolute Gasteiger partial charge is 0.0883 e. The molecule has 1 aliphatic rings. The molecule has 0 nitrogen and oxygen atoms in total. The van der Waals surface area contributed by atoms with E-state index in [0.717, 1.165) is 5.92 Å². The number of hydrogen-bond acceptors (Lipinski definition) is 0. The van der Waals surface area contributed by atoms with Crippen molar-refractivity contribution >= 4 is 0 Å². The van der Waals surface area contributed by atoms with E-state index in [4.69, 9.17) is 0 Å². The Hall–Kier alpha value is -0.260. The van der Waals surface area contributed by atoms with Crippen molar-refractivity contribution in [1.29, 1.82) is 0 Å². The molecule has 0 spiro atoms. The molecular weight excluding hydrogens is 180 g/mol. The van der Waals surface area contributed by atoms with Crippen molar-refractivity contribution in [3.8, 4) is 0 Å². The number of hydrogen-bond donors (Lipinski definition) is 0. The molecule has 0 atom stereocenters. The van der Waals surface area contributed by atoms with Gasteiger partial charge in [0.2, 0.25) is 0 Å². The fourth-order valence-corrected chi connectivity index (χ4v) is 2.48. The third kappa shape index (κ3) is 6.76. The van der Waals surface area contributed by atoms with Gasteiger partial charge in [0.05, 0.1) is 0 Å².